The molecular formula is C15H23N3O2S. The number of rotatable bonds is 7. The molecule has 0 heterocycles. The van der Waals surface area contributed by atoms with Gasteiger partial charge in [0.1, 0.15) is 0 Å². The van der Waals surface area contributed by atoms with Crippen molar-refractivity contribution in [2.45, 2.75) is 20.8 Å². The third-order valence-electron chi connectivity index (χ3n) is 2.48. The number of nitrogens with zero attached hydrogens (tertiary/aromatic N) is 1. The molecule has 0 spiro atoms. The Bertz CT molecular complexity index is 490. The molecule has 0 aliphatic carbocycles. The minimum Gasteiger partial charge on any atom is -0.493 e. The predicted molar refractivity (Wildman–Crippen MR) is 90.3 cm³/mol. The van der Waals surface area contributed by atoms with E-state index in [0.29, 0.717) is 23.4 Å². The summed E-state index contributed by atoms with van der Waals surface area (Å²) in [5.41, 5.74) is 3.64. The van der Waals surface area contributed by atoms with Crippen LogP contribution < -0.4 is 20.2 Å². The lowest BCUT2D eigenvalue weighted by atomic mass is 10.2. The van der Waals surface area contributed by atoms with Crippen LogP contribution in [-0.2, 0) is 0 Å². The lowest BCUT2D eigenvalue weighted by Crippen LogP contribution is -2.31. The second kappa shape index (κ2) is 9.18. The van der Waals surface area contributed by atoms with Gasteiger partial charge in [0.2, 0.25) is 0 Å². The van der Waals surface area contributed by atoms with E-state index in [0.717, 1.165) is 17.9 Å². The summed E-state index contributed by atoms with van der Waals surface area (Å²) >= 11 is 5.02. The van der Waals surface area contributed by atoms with E-state index >= 15 is 0 Å². The van der Waals surface area contributed by atoms with Gasteiger partial charge < -0.3 is 14.8 Å². The third kappa shape index (κ3) is 6.44. The van der Waals surface area contributed by atoms with E-state index < -0.39 is 0 Å². The van der Waals surface area contributed by atoms with E-state index in [1.807, 2.05) is 25.1 Å². The Hall–Kier alpha value is -1.82. The summed E-state index contributed by atoms with van der Waals surface area (Å²) in [6.07, 6.45) is 1.68. The maximum Gasteiger partial charge on any atom is 0.186 e. The summed E-state index contributed by atoms with van der Waals surface area (Å²) < 4.78 is 11.0. The molecule has 0 saturated carbocycles. The van der Waals surface area contributed by atoms with E-state index in [1.165, 1.54) is 0 Å². The zero-order chi connectivity index (χ0) is 15.7. The molecule has 2 N–H and O–H groups in total. The van der Waals surface area contributed by atoms with Crippen molar-refractivity contribution in [3.05, 3.63) is 23.8 Å². The molecule has 21 heavy (non-hydrogen) atoms. The fourth-order valence-electron chi connectivity index (χ4n) is 1.51. The number of thiocarbonyl (C=S) groups is 1. The largest absolute Gasteiger partial charge is 0.493 e. The maximum absolute atomic E-state index is 5.70. The molecule has 0 aliphatic rings. The van der Waals surface area contributed by atoms with Crippen LogP contribution in [0.5, 0.6) is 11.5 Å². The van der Waals surface area contributed by atoms with Gasteiger partial charge in [0.05, 0.1) is 19.9 Å². The maximum atomic E-state index is 5.70. The van der Waals surface area contributed by atoms with E-state index in [2.05, 4.69) is 29.7 Å². The molecule has 6 heteroatoms. The van der Waals surface area contributed by atoms with Gasteiger partial charge in [0, 0.05) is 6.54 Å². The first-order valence-electron chi connectivity index (χ1n) is 6.94. The van der Waals surface area contributed by atoms with Gasteiger partial charge in [-0.2, -0.15) is 5.10 Å². The third-order valence-corrected chi connectivity index (χ3v) is 2.71. The van der Waals surface area contributed by atoms with E-state index in [9.17, 15) is 0 Å². The average molecular weight is 309 g/mol. The van der Waals surface area contributed by atoms with Crippen molar-refractivity contribution >= 4 is 23.5 Å². The molecule has 0 bridgehead atoms. The second-order valence-corrected chi connectivity index (χ2v) is 5.25. The Morgan fingerprint density at radius 3 is 2.76 bits per heavy atom. The van der Waals surface area contributed by atoms with Crippen LogP contribution in [0.25, 0.3) is 0 Å². The molecule has 1 aromatic carbocycles. The van der Waals surface area contributed by atoms with Crippen LogP contribution in [0.1, 0.15) is 26.3 Å². The van der Waals surface area contributed by atoms with E-state index in [1.54, 1.807) is 13.3 Å². The zero-order valence-electron chi connectivity index (χ0n) is 13.0. The number of methoxy groups -OCH3 is 1. The van der Waals surface area contributed by atoms with Gasteiger partial charge in [0.25, 0.3) is 0 Å². The lowest BCUT2D eigenvalue weighted by Gasteiger charge is -2.12. The number of hydrazone groups is 1. The molecule has 0 fully saturated rings. The number of hydrogen-bond donors (Lipinski definition) is 2. The number of hydrogen-bond acceptors (Lipinski definition) is 4. The minimum atomic E-state index is 0.465. The van der Waals surface area contributed by atoms with Crippen LogP contribution in [0.2, 0.25) is 0 Å². The van der Waals surface area contributed by atoms with Crippen LogP contribution in [0.3, 0.4) is 0 Å². The molecule has 5 nitrogen and oxygen atoms in total. The quantitative estimate of drug-likeness (QED) is 0.460. The highest BCUT2D eigenvalue weighted by Crippen LogP contribution is 2.27. The van der Waals surface area contributed by atoms with Gasteiger partial charge in [-0.3, -0.25) is 5.43 Å². The van der Waals surface area contributed by atoms with Gasteiger partial charge in [-0.25, -0.2) is 0 Å². The second-order valence-electron chi connectivity index (χ2n) is 4.84. The van der Waals surface area contributed by atoms with Gasteiger partial charge in [0.15, 0.2) is 16.6 Å². The number of benzene rings is 1. The Morgan fingerprint density at radius 2 is 2.14 bits per heavy atom. The molecule has 116 valence electrons. The summed E-state index contributed by atoms with van der Waals surface area (Å²) in [6.45, 7) is 7.59. The molecule has 0 unspecified atom stereocenters. The van der Waals surface area contributed by atoms with E-state index in [-0.39, 0.29) is 0 Å². The summed E-state index contributed by atoms with van der Waals surface area (Å²) in [5, 5.41) is 7.51. The topological polar surface area (TPSA) is 54.9 Å². The van der Waals surface area contributed by atoms with E-state index in [4.69, 9.17) is 21.7 Å². The van der Waals surface area contributed by atoms with Gasteiger partial charge in [-0.15, -0.1) is 0 Å². The van der Waals surface area contributed by atoms with Crippen molar-refractivity contribution in [1.82, 2.24) is 10.7 Å². The Kier molecular flexibility index (Phi) is 7.53. The molecule has 0 aliphatic heterocycles. The molecule has 0 aromatic heterocycles. The standard InChI is InChI=1S/C15H23N3O2S/c1-5-16-15(21)18-17-9-12-6-7-13(14(8-12)19-4)20-10-11(2)3/h6-9,11H,5,10H2,1-4H3,(H2,16,18,21). The van der Waals surface area contributed by atoms with Crippen LogP contribution in [0.4, 0.5) is 0 Å². The molecule has 0 saturated heterocycles. The average Bonchev–Trinajstić information content (AvgIpc) is 2.45. The van der Waals surface area contributed by atoms with Crippen LogP contribution >= 0.6 is 12.2 Å². The fourth-order valence-corrected chi connectivity index (χ4v) is 1.70. The van der Waals surface area contributed by atoms with Gasteiger partial charge >= 0.3 is 0 Å². The molecule has 0 atom stereocenters. The molecule has 1 aromatic rings. The molecular weight excluding hydrogens is 286 g/mol. The first kappa shape index (κ1) is 17.2. The lowest BCUT2D eigenvalue weighted by molar-refractivity contribution is 0.257. The molecule has 0 amide bonds. The zero-order valence-corrected chi connectivity index (χ0v) is 13.8. The summed E-state index contributed by atoms with van der Waals surface area (Å²) in [7, 11) is 1.62. The Labute approximate surface area is 131 Å². The highest BCUT2D eigenvalue weighted by molar-refractivity contribution is 7.80. The molecule has 1 rings (SSSR count). The van der Waals surface area contributed by atoms with Crippen LogP contribution in [-0.4, -0.2) is 31.6 Å². The van der Waals surface area contributed by atoms with Crippen molar-refractivity contribution in [3.8, 4) is 11.5 Å². The van der Waals surface area contributed by atoms with Crippen LogP contribution in [0, 0.1) is 5.92 Å². The SMILES string of the molecule is CCNC(=S)NN=Cc1ccc(OCC(C)C)c(OC)c1. The smallest absolute Gasteiger partial charge is 0.186 e. The van der Waals surface area contributed by atoms with Crippen molar-refractivity contribution in [2.24, 2.45) is 11.0 Å². The molecule has 0 radical (unpaired) electrons. The fraction of sp³-hybridized carbons (Fsp3) is 0.467. The first-order valence-corrected chi connectivity index (χ1v) is 7.35. The summed E-state index contributed by atoms with van der Waals surface area (Å²) in [4.78, 5) is 0. The monoisotopic (exact) mass is 309 g/mol. The van der Waals surface area contributed by atoms with Crippen LogP contribution in [0.15, 0.2) is 23.3 Å². The summed E-state index contributed by atoms with van der Waals surface area (Å²) in [6, 6.07) is 5.67. The predicted octanol–water partition coefficient (Wildman–Crippen LogP) is 2.55. The van der Waals surface area contributed by atoms with Crippen molar-refractivity contribution in [3.63, 3.8) is 0 Å². The van der Waals surface area contributed by atoms with Crippen molar-refractivity contribution in [1.29, 1.82) is 0 Å². The Morgan fingerprint density at radius 1 is 1.38 bits per heavy atom. The van der Waals surface area contributed by atoms with Gasteiger partial charge in [-0.05, 0) is 48.8 Å². The normalized spacial score (nSPS) is 10.7. The number of ether oxygens (including phenoxy) is 2. The first-order chi connectivity index (χ1) is 10.1. The summed E-state index contributed by atoms with van der Waals surface area (Å²) in [5.74, 6) is 1.89. The highest BCUT2D eigenvalue weighted by atomic mass is 32.1. The highest BCUT2D eigenvalue weighted by Gasteiger charge is 2.06. The minimum absolute atomic E-state index is 0.465. The van der Waals surface area contributed by atoms with Crippen molar-refractivity contribution < 1.29 is 9.47 Å². The Balaban J connectivity index is 2.68. The number of nitrogens with one attached hydrogen (secondary N) is 2. The van der Waals surface area contributed by atoms with Crippen molar-refractivity contribution in [2.75, 3.05) is 20.3 Å². The van der Waals surface area contributed by atoms with Gasteiger partial charge in [-0.1, -0.05) is 13.8 Å².